The molecule has 4 aromatic heterocycles. The lowest BCUT2D eigenvalue weighted by Gasteiger charge is -2.32. The second-order valence-corrected chi connectivity index (χ2v) is 10.2. The number of methoxy groups -OCH3 is 1. The number of aromatic nitrogens is 5. The van der Waals surface area contributed by atoms with Gasteiger partial charge in [-0.15, -0.1) is 11.3 Å². The smallest absolute Gasteiger partial charge is 0.239 e. The fourth-order valence-corrected chi connectivity index (χ4v) is 6.82. The van der Waals surface area contributed by atoms with Gasteiger partial charge in [-0.25, -0.2) is 9.97 Å². The van der Waals surface area contributed by atoms with Gasteiger partial charge in [0.2, 0.25) is 11.8 Å². The molecule has 10 nitrogen and oxygen atoms in total. The molecule has 2 fully saturated rings. The van der Waals surface area contributed by atoms with Gasteiger partial charge < -0.3 is 19.7 Å². The zero-order chi connectivity index (χ0) is 22.8. The van der Waals surface area contributed by atoms with Crippen LogP contribution in [0.1, 0.15) is 23.3 Å². The average Bonchev–Trinajstić information content (AvgIpc) is 3.65. The van der Waals surface area contributed by atoms with Gasteiger partial charge in [0.25, 0.3) is 0 Å². The van der Waals surface area contributed by atoms with Crippen LogP contribution in [0.25, 0.3) is 21.3 Å². The van der Waals surface area contributed by atoms with Crippen molar-refractivity contribution in [2.75, 3.05) is 25.6 Å². The largest absolute Gasteiger partial charge is 0.479 e. The van der Waals surface area contributed by atoms with E-state index in [0.717, 1.165) is 53.6 Å². The fraction of sp³-hybridized carbons (Fsp3) is 0.435. The SMILES string of the molecule is COc1nc2[nH]ncc2cc1Nc1ncnc2sc3c(c12)CC[C@H](C(=O)N1C[C@H]2C[C@@H]1CO2)C3. The molecule has 2 bridgehead atoms. The van der Waals surface area contributed by atoms with Crippen molar-refractivity contribution in [3.05, 3.63) is 29.0 Å². The van der Waals surface area contributed by atoms with E-state index in [9.17, 15) is 4.79 Å². The van der Waals surface area contributed by atoms with Crippen LogP contribution in [0.15, 0.2) is 18.6 Å². The number of thiophene rings is 1. The predicted octanol–water partition coefficient (Wildman–Crippen LogP) is 2.82. The molecule has 1 amide bonds. The molecule has 11 heteroatoms. The van der Waals surface area contributed by atoms with Crippen LogP contribution in [0.2, 0.25) is 0 Å². The lowest BCUT2D eigenvalue weighted by atomic mass is 9.86. The zero-order valence-electron chi connectivity index (χ0n) is 18.6. The molecule has 3 aliphatic rings. The molecule has 4 aromatic rings. The number of nitrogens with zero attached hydrogens (tertiary/aromatic N) is 5. The molecule has 2 N–H and O–H groups in total. The number of morpholine rings is 1. The quantitative estimate of drug-likeness (QED) is 0.461. The van der Waals surface area contributed by atoms with E-state index in [1.54, 1.807) is 31.0 Å². The first-order valence-electron chi connectivity index (χ1n) is 11.5. The van der Waals surface area contributed by atoms with Crippen LogP contribution in [0.5, 0.6) is 5.88 Å². The molecule has 2 saturated heterocycles. The van der Waals surface area contributed by atoms with Crippen molar-refractivity contribution >= 4 is 50.0 Å². The maximum absolute atomic E-state index is 13.3. The summed E-state index contributed by atoms with van der Waals surface area (Å²) in [7, 11) is 1.59. The zero-order valence-corrected chi connectivity index (χ0v) is 19.4. The summed E-state index contributed by atoms with van der Waals surface area (Å²) in [6, 6.07) is 2.21. The number of aryl methyl sites for hydroxylation is 1. The van der Waals surface area contributed by atoms with Crippen molar-refractivity contribution in [1.82, 2.24) is 30.0 Å². The Bertz CT molecular complexity index is 1430. The Kier molecular flexibility index (Phi) is 4.49. The van der Waals surface area contributed by atoms with Gasteiger partial charge in [-0.2, -0.15) is 10.1 Å². The second-order valence-electron chi connectivity index (χ2n) is 9.16. The van der Waals surface area contributed by atoms with Crippen molar-refractivity contribution in [3.8, 4) is 5.88 Å². The number of aromatic amines is 1. The van der Waals surface area contributed by atoms with Crippen LogP contribution in [-0.4, -0.2) is 68.4 Å². The van der Waals surface area contributed by atoms with Crippen LogP contribution < -0.4 is 10.1 Å². The molecular weight excluding hydrogens is 454 g/mol. The molecule has 174 valence electrons. The number of pyridine rings is 1. The summed E-state index contributed by atoms with van der Waals surface area (Å²) in [6.45, 7) is 1.43. The summed E-state index contributed by atoms with van der Waals surface area (Å²) < 4.78 is 11.2. The topological polar surface area (TPSA) is 118 Å². The molecule has 0 radical (unpaired) electrons. The van der Waals surface area contributed by atoms with Gasteiger partial charge in [-0.1, -0.05) is 0 Å². The number of likely N-dealkylation sites (tertiary alicyclic amines) is 1. The highest BCUT2D eigenvalue weighted by Gasteiger charge is 2.43. The van der Waals surface area contributed by atoms with Gasteiger partial charge in [0.15, 0.2) is 5.65 Å². The minimum atomic E-state index is 0.0251. The Labute approximate surface area is 198 Å². The maximum atomic E-state index is 13.3. The van der Waals surface area contributed by atoms with Crippen LogP contribution >= 0.6 is 11.3 Å². The predicted molar refractivity (Wildman–Crippen MR) is 127 cm³/mol. The molecule has 0 spiro atoms. The van der Waals surface area contributed by atoms with E-state index >= 15 is 0 Å². The number of carbonyl (C=O) groups is 1. The van der Waals surface area contributed by atoms with Crippen LogP contribution in [0, 0.1) is 5.92 Å². The summed E-state index contributed by atoms with van der Waals surface area (Å²) in [5.41, 5.74) is 2.62. The third-order valence-corrected chi connectivity index (χ3v) is 8.38. The van der Waals surface area contributed by atoms with E-state index in [-0.39, 0.29) is 24.0 Å². The molecule has 6 heterocycles. The van der Waals surface area contributed by atoms with Gasteiger partial charge in [0.1, 0.15) is 22.7 Å². The van der Waals surface area contributed by atoms with E-state index in [1.807, 2.05) is 6.07 Å². The third-order valence-electron chi connectivity index (χ3n) is 7.22. The summed E-state index contributed by atoms with van der Waals surface area (Å²) in [4.78, 5) is 31.1. The Balaban J connectivity index is 1.20. The van der Waals surface area contributed by atoms with E-state index in [1.165, 1.54) is 10.4 Å². The number of hydrogen-bond acceptors (Lipinski definition) is 9. The molecule has 2 aliphatic heterocycles. The van der Waals surface area contributed by atoms with Crippen molar-refractivity contribution in [1.29, 1.82) is 0 Å². The Morgan fingerprint density at radius 1 is 1.38 bits per heavy atom. The minimum absolute atomic E-state index is 0.0251. The number of fused-ring (bicyclic) bond motifs is 6. The number of H-pyrrole nitrogens is 1. The van der Waals surface area contributed by atoms with Crippen LogP contribution in [-0.2, 0) is 22.4 Å². The average molecular weight is 478 g/mol. The molecule has 0 unspecified atom stereocenters. The Morgan fingerprint density at radius 2 is 2.32 bits per heavy atom. The first-order valence-corrected chi connectivity index (χ1v) is 12.3. The van der Waals surface area contributed by atoms with E-state index in [2.05, 4.69) is 35.4 Å². The lowest BCUT2D eigenvalue weighted by Crippen LogP contribution is -2.45. The summed E-state index contributed by atoms with van der Waals surface area (Å²) in [5.74, 6) is 1.50. The van der Waals surface area contributed by atoms with Gasteiger partial charge in [0.05, 0.1) is 37.4 Å². The standard InChI is InChI=1S/C23H23N7O3S/c1-32-21-16(4-12-7-26-29-19(12)28-21)27-20-18-15-3-2-11(5-17(15)34-22(18)25-10-24-20)23(31)30-8-14-6-13(30)9-33-14/h4,7,10-11,13-14H,2-3,5-6,8-9H2,1H3,(H,24,25,27)(H,26,28,29)/t11-,13+,14+/m0/s1. The Hall–Kier alpha value is -3.31. The second kappa shape index (κ2) is 7.60. The summed E-state index contributed by atoms with van der Waals surface area (Å²) >= 11 is 1.67. The van der Waals surface area contributed by atoms with Gasteiger partial charge in [0, 0.05) is 22.7 Å². The summed E-state index contributed by atoms with van der Waals surface area (Å²) in [6.07, 6.45) is 6.95. The van der Waals surface area contributed by atoms with E-state index in [4.69, 9.17) is 9.47 Å². The molecule has 1 aliphatic carbocycles. The number of rotatable bonds is 4. The van der Waals surface area contributed by atoms with Gasteiger partial charge >= 0.3 is 0 Å². The normalized spacial score (nSPS) is 23.6. The molecule has 0 aromatic carbocycles. The summed E-state index contributed by atoms with van der Waals surface area (Å²) in [5, 5.41) is 12.2. The van der Waals surface area contributed by atoms with Crippen molar-refractivity contribution in [2.45, 2.75) is 37.8 Å². The number of anilines is 2. The maximum Gasteiger partial charge on any atom is 0.239 e. The highest BCUT2D eigenvalue weighted by atomic mass is 32.1. The number of hydrogen-bond donors (Lipinski definition) is 2. The van der Waals surface area contributed by atoms with Crippen LogP contribution in [0.4, 0.5) is 11.5 Å². The third kappa shape index (κ3) is 3.07. The highest BCUT2D eigenvalue weighted by molar-refractivity contribution is 7.19. The van der Waals surface area contributed by atoms with E-state index in [0.29, 0.717) is 23.8 Å². The lowest BCUT2D eigenvalue weighted by molar-refractivity contribution is -0.140. The van der Waals surface area contributed by atoms with Gasteiger partial charge in [-0.3, -0.25) is 9.89 Å². The molecule has 3 atom stereocenters. The van der Waals surface area contributed by atoms with Crippen molar-refractivity contribution in [2.24, 2.45) is 5.92 Å². The molecule has 7 rings (SSSR count). The Morgan fingerprint density at radius 3 is 3.15 bits per heavy atom. The highest BCUT2D eigenvalue weighted by Crippen LogP contribution is 2.42. The number of amides is 1. The number of ether oxygens (including phenoxy) is 2. The molecule has 0 saturated carbocycles. The number of carbonyl (C=O) groups excluding carboxylic acids is 1. The molecular formula is C23H23N7O3S. The monoisotopic (exact) mass is 477 g/mol. The first kappa shape index (κ1) is 20.1. The van der Waals surface area contributed by atoms with Crippen LogP contribution in [0.3, 0.4) is 0 Å². The van der Waals surface area contributed by atoms with Crippen molar-refractivity contribution < 1.29 is 14.3 Å². The molecule has 34 heavy (non-hydrogen) atoms. The van der Waals surface area contributed by atoms with Gasteiger partial charge in [-0.05, 0) is 37.3 Å². The van der Waals surface area contributed by atoms with E-state index < -0.39 is 0 Å². The minimum Gasteiger partial charge on any atom is -0.479 e. The van der Waals surface area contributed by atoms with Crippen molar-refractivity contribution in [3.63, 3.8) is 0 Å². The first-order chi connectivity index (χ1) is 16.7. The number of nitrogens with one attached hydrogen (secondary N) is 2. The fourth-order valence-electron chi connectivity index (χ4n) is 5.56.